The van der Waals surface area contributed by atoms with Crippen molar-refractivity contribution >= 4 is 17.6 Å². The molecule has 3 aromatic rings. The van der Waals surface area contributed by atoms with E-state index in [1.807, 2.05) is 25.1 Å². The van der Waals surface area contributed by atoms with Crippen LogP contribution in [0.15, 0.2) is 66.7 Å². The highest BCUT2D eigenvalue weighted by Crippen LogP contribution is 2.28. The summed E-state index contributed by atoms with van der Waals surface area (Å²) in [6, 6.07) is 19.8. The highest BCUT2D eigenvalue weighted by atomic mass is 16.5. The number of esters is 1. The fraction of sp³-hybridized carbons (Fsp3) is 0.310. The van der Waals surface area contributed by atoms with E-state index in [1.54, 1.807) is 49.6 Å². The van der Waals surface area contributed by atoms with E-state index < -0.39 is 0 Å². The minimum absolute atomic E-state index is 0.267. The maximum absolute atomic E-state index is 12.9. The Morgan fingerprint density at radius 1 is 0.914 bits per heavy atom. The van der Waals surface area contributed by atoms with Crippen LogP contribution >= 0.6 is 0 Å². The largest absolute Gasteiger partial charge is 0.496 e. The van der Waals surface area contributed by atoms with Crippen LogP contribution in [0.2, 0.25) is 0 Å². The number of rotatable bonds is 11. The lowest BCUT2D eigenvalue weighted by atomic mass is 10.0. The van der Waals surface area contributed by atoms with Crippen molar-refractivity contribution in [1.82, 2.24) is 0 Å². The number of hydrogen-bond acceptors (Lipinski definition) is 5. The van der Waals surface area contributed by atoms with Gasteiger partial charge in [0.05, 0.1) is 19.3 Å². The van der Waals surface area contributed by atoms with Gasteiger partial charge in [-0.05, 0) is 66.4 Å². The fourth-order valence-electron chi connectivity index (χ4n) is 3.56. The Balaban J connectivity index is 1.68. The van der Waals surface area contributed by atoms with Crippen molar-refractivity contribution < 1.29 is 23.8 Å². The lowest BCUT2D eigenvalue weighted by molar-refractivity contribution is 0.0499. The number of ether oxygens (including phenoxy) is 3. The summed E-state index contributed by atoms with van der Waals surface area (Å²) in [4.78, 5) is 25.0. The van der Waals surface area contributed by atoms with Gasteiger partial charge in [0.2, 0.25) is 0 Å². The zero-order chi connectivity index (χ0) is 25.2. The molecule has 184 valence electrons. The monoisotopic (exact) mass is 475 g/mol. The smallest absolute Gasteiger partial charge is 0.338 e. The van der Waals surface area contributed by atoms with E-state index in [4.69, 9.17) is 14.2 Å². The SMILES string of the molecule is CCCCOC(=O)c1ccc(NC(=O)c2ccc(OC)c(COc3ccccc3C(C)C)c2)cc1. The minimum atomic E-state index is -0.366. The van der Waals surface area contributed by atoms with Crippen LogP contribution in [0.4, 0.5) is 5.69 Å². The first kappa shape index (κ1) is 25.8. The summed E-state index contributed by atoms with van der Waals surface area (Å²) < 4.78 is 16.8. The van der Waals surface area contributed by atoms with Crippen molar-refractivity contribution in [3.05, 3.63) is 89.0 Å². The van der Waals surface area contributed by atoms with Gasteiger partial charge in [-0.1, -0.05) is 45.4 Å². The maximum atomic E-state index is 12.9. The second-order valence-electron chi connectivity index (χ2n) is 8.53. The molecular formula is C29H33NO5. The van der Waals surface area contributed by atoms with Gasteiger partial charge in [-0.3, -0.25) is 4.79 Å². The third kappa shape index (κ3) is 7.09. The Bertz CT molecular complexity index is 1140. The molecule has 0 spiro atoms. The van der Waals surface area contributed by atoms with Gasteiger partial charge < -0.3 is 19.5 Å². The summed E-state index contributed by atoms with van der Waals surface area (Å²) in [7, 11) is 1.59. The van der Waals surface area contributed by atoms with Crippen molar-refractivity contribution in [2.75, 3.05) is 19.0 Å². The van der Waals surface area contributed by atoms with Crippen LogP contribution in [-0.4, -0.2) is 25.6 Å². The number of anilines is 1. The highest BCUT2D eigenvalue weighted by molar-refractivity contribution is 6.04. The van der Waals surface area contributed by atoms with Gasteiger partial charge in [-0.15, -0.1) is 0 Å². The Morgan fingerprint density at radius 2 is 1.63 bits per heavy atom. The van der Waals surface area contributed by atoms with Crippen molar-refractivity contribution in [1.29, 1.82) is 0 Å². The lowest BCUT2D eigenvalue weighted by Crippen LogP contribution is -2.13. The fourth-order valence-corrected chi connectivity index (χ4v) is 3.56. The number of carbonyl (C=O) groups excluding carboxylic acids is 2. The zero-order valence-electron chi connectivity index (χ0n) is 20.8. The summed E-state index contributed by atoms with van der Waals surface area (Å²) >= 11 is 0. The van der Waals surface area contributed by atoms with Gasteiger partial charge in [-0.2, -0.15) is 0 Å². The zero-order valence-corrected chi connectivity index (χ0v) is 20.8. The molecule has 0 heterocycles. The molecule has 6 nitrogen and oxygen atoms in total. The molecule has 0 aromatic heterocycles. The number of unbranched alkanes of at least 4 members (excludes halogenated alkanes) is 1. The van der Waals surface area contributed by atoms with Crippen LogP contribution in [-0.2, 0) is 11.3 Å². The standard InChI is InChI=1S/C29H33NO5/c1-5-6-17-34-29(32)21-11-14-24(15-12-21)30-28(31)22-13-16-26(33-4)23(18-22)19-35-27-10-8-7-9-25(27)20(2)3/h7-16,18,20H,5-6,17,19H2,1-4H3,(H,30,31). The molecule has 0 fully saturated rings. The van der Waals surface area contributed by atoms with Crippen molar-refractivity contribution in [2.24, 2.45) is 0 Å². The predicted molar refractivity (Wildman–Crippen MR) is 137 cm³/mol. The molecule has 0 aliphatic carbocycles. The molecular weight excluding hydrogens is 442 g/mol. The van der Waals surface area contributed by atoms with E-state index in [1.165, 1.54) is 0 Å². The molecule has 3 rings (SSSR count). The second kappa shape index (κ2) is 12.6. The molecule has 3 aromatic carbocycles. The van der Waals surface area contributed by atoms with Gasteiger partial charge in [0.15, 0.2) is 0 Å². The number of hydrogen-bond donors (Lipinski definition) is 1. The number of nitrogens with one attached hydrogen (secondary N) is 1. The molecule has 6 heteroatoms. The molecule has 0 atom stereocenters. The molecule has 0 unspecified atom stereocenters. The van der Waals surface area contributed by atoms with E-state index >= 15 is 0 Å². The molecule has 0 saturated carbocycles. The summed E-state index contributed by atoms with van der Waals surface area (Å²) in [5, 5.41) is 2.87. The quantitative estimate of drug-likeness (QED) is 0.250. The number of para-hydroxylation sites is 1. The molecule has 1 amide bonds. The Kier molecular flexibility index (Phi) is 9.30. The first-order chi connectivity index (χ1) is 16.9. The van der Waals surface area contributed by atoms with Crippen LogP contribution in [0.25, 0.3) is 0 Å². The number of carbonyl (C=O) groups is 2. The molecule has 35 heavy (non-hydrogen) atoms. The number of methoxy groups -OCH3 is 1. The molecule has 0 saturated heterocycles. The molecule has 0 aliphatic rings. The predicted octanol–water partition coefficient (Wildman–Crippen LogP) is 6.61. The van der Waals surface area contributed by atoms with E-state index in [2.05, 4.69) is 25.2 Å². The summed E-state index contributed by atoms with van der Waals surface area (Å²) in [6.07, 6.45) is 1.79. The third-order valence-electron chi connectivity index (χ3n) is 5.58. The first-order valence-corrected chi connectivity index (χ1v) is 11.9. The molecule has 1 N–H and O–H groups in total. The minimum Gasteiger partial charge on any atom is -0.496 e. The number of benzene rings is 3. The molecule has 0 radical (unpaired) electrons. The van der Waals surface area contributed by atoms with E-state index in [0.717, 1.165) is 29.7 Å². The van der Waals surface area contributed by atoms with Gasteiger partial charge in [-0.25, -0.2) is 4.79 Å². The Hall–Kier alpha value is -3.80. The van der Waals surface area contributed by atoms with Crippen LogP contribution in [0, 0.1) is 0 Å². The topological polar surface area (TPSA) is 73.9 Å². The van der Waals surface area contributed by atoms with Crippen LogP contribution < -0.4 is 14.8 Å². The van der Waals surface area contributed by atoms with Crippen molar-refractivity contribution in [3.8, 4) is 11.5 Å². The van der Waals surface area contributed by atoms with Crippen LogP contribution in [0.5, 0.6) is 11.5 Å². The average molecular weight is 476 g/mol. The maximum Gasteiger partial charge on any atom is 0.338 e. The average Bonchev–Trinajstić information content (AvgIpc) is 2.87. The Labute approximate surface area is 207 Å². The summed E-state index contributed by atoms with van der Waals surface area (Å²) in [6.45, 7) is 6.95. The van der Waals surface area contributed by atoms with Crippen LogP contribution in [0.1, 0.15) is 71.4 Å². The van der Waals surface area contributed by atoms with Crippen molar-refractivity contribution in [2.45, 2.75) is 46.1 Å². The van der Waals surface area contributed by atoms with Gasteiger partial charge >= 0.3 is 5.97 Å². The first-order valence-electron chi connectivity index (χ1n) is 11.9. The second-order valence-corrected chi connectivity index (χ2v) is 8.53. The summed E-state index contributed by atoms with van der Waals surface area (Å²) in [5.74, 6) is 1.15. The highest BCUT2D eigenvalue weighted by Gasteiger charge is 2.14. The lowest BCUT2D eigenvalue weighted by Gasteiger charge is -2.16. The molecule has 0 bridgehead atoms. The van der Waals surface area contributed by atoms with Gasteiger partial charge in [0.25, 0.3) is 5.91 Å². The van der Waals surface area contributed by atoms with E-state index in [9.17, 15) is 9.59 Å². The van der Waals surface area contributed by atoms with Crippen molar-refractivity contribution in [3.63, 3.8) is 0 Å². The number of amides is 1. The normalized spacial score (nSPS) is 10.7. The van der Waals surface area contributed by atoms with E-state index in [0.29, 0.717) is 35.1 Å². The van der Waals surface area contributed by atoms with E-state index in [-0.39, 0.29) is 18.5 Å². The third-order valence-corrected chi connectivity index (χ3v) is 5.58. The molecule has 0 aliphatic heterocycles. The summed E-state index contributed by atoms with van der Waals surface area (Å²) in [5.41, 5.74) is 3.40. The van der Waals surface area contributed by atoms with Gasteiger partial charge in [0.1, 0.15) is 18.1 Å². The van der Waals surface area contributed by atoms with Gasteiger partial charge in [0, 0.05) is 16.8 Å². The van der Waals surface area contributed by atoms with Crippen LogP contribution in [0.3, 0.4) is 0 Å². The Morgan fingerprint density at radius 3 is 2.31 bits per heavy atom.